The van der Waals surface area contributed by atoms with Gasteiger partial charge in [0.15, 0.2) is 0 Å². The summed E-state index contributed by atoms with van der Waals surface area (Å²) in [4.78, 5) is 32.7. The van der Waals surface area contributed by atoms with Crippen LogP contribution in [0.2, 0.25) is 0 Å². The number of fused-ring (bicyclic) bond motifs is 1. The third-order valence-corrected chi connectivity index (χ3v) is 6.44. The molecular weight excluding hydrogens is 358 g/mol. The Morgan fingerprint density at radius 3 is 2.41 bits per heavy atom. The summed E-state index contributed by atoms with van der Waals surface area (Å²) in [5.41, 5.74) is 0.695. The van der Waals surface area contributed by atoms with Crippen LogP contribution >= 0.6 is 11.8 Å². The van der Waals surface area contributed by atoms with Crippen molar-refractivity contribution in [3.05, 3.63) is 24.3 Å². The van der Waals surface area contributed by atoms with Gasteiger partial charge in [-0.05, 0) is 18.6 Å². The molecule has 27 heavy (non-hydrogen) atoms. The van der Waals surface area contributed by atoms with Gasteiger partial charge in [-0.3, -0.25) is 14.5 Å². The highest BCUT2D eigenvalue weighted by atomic mass is 32.2. The van der Waals surface area contributed by atoms with Crippen molar-refractivity contribution in [2.75, 3.05) is 44.2 Å². The first-order chi connectivity index (χ1) is 12.8. The number of hydrogen-bond acceptors (Lipinski definition) is 4. The van der Waals surface area contributed by atoms with Crippen LogP contribution in [0.5, 0.6) is 0 Å². The topological polar surface area (TPSA) is 43.9 Å². The van der Waals surface area contributed by atoms with Crippen LogP contribution in [0, 0.1) is 5.41 Å². The van der Waals surface area contributed by atoms with Crippen molar-refractivity contribution in [1.82, 2.24) is 9.80 Å². The molecule has 0 aliphatic carbocycles. The number of carbonyl (C=O) groups is 2. The zero-order chi connectivity index (χ0) is 19.6. The second-order valence-corrected chi connectivity index (χ2v) is 10.0. The Morgan fingerprint density at radius 2 is 1.74 bits per heavy atom. The minimum absolute atomic E-state index is 0.160. The molecule has 0 spiro atoms. The quantitative estimate of drug-likeness (QED) is 0.780. The molecule has 1 unspecified atom stereocenters. The van der Waals surface area contributed by atoms with Crippen LogP contribution < -0.4 is 4.90 Å². The van der Waals surface area contributed by atoms with Gasteiger partial charge in [0.2, 0.25) is 11.8 Å². The molecule has 2 amide bonds. The summed E-state index contributed by atoms with van der Waals surface area (Å²) in [5.74, 6) is 0.355. The van der Waals surface area contributed by atoms with Gasteiger partial charge >= 0.3 is 0 Å². The summed E-state index contributed by atoms with van der Waals surface area (Å²) < 4.78 is 0. The van der Waals surface area contributed by atoms with E-state index >= 15 is 0 Å². The number of carbonyl (C=O) groups excluding carboxylic acids is 2. The number of thioether (sulfide) groups is 1. The lowest BCUT2D eigenvalue weighted by Gasteiger charge is -2.38. The maximum Gasteiger partial charge on any atom is 0.241 e. The van der Waals surface area contributed by atoms with Crippen molar-refractivity contribution in [3.63, 3.8) is 0 Å². The third-order valence-electron chi connectivity index (χ3n) is 5.20. The van der Waals surface area contributed by atoms with E-state index in [2.05, 4.69) is 24.0 Å². The molecule has 148 valence electrons. The summed E-state index contributed by atoms with van der Waals surface area (Å²) >= 11 is 1.85. The second-order valence-electron chi connectivity index (χ2n) is 8.55. The van der Waals surface area contributed by atoms with Crippen molar-refractivity contribution in [3.8, 4) is 0 Å². The van der Waals surface area contributed by atoms with Crippen LogP contribution in [-0.2, 0) is 9.59 Å². The molecule has 0 aromatic heterocycles. The van der Waals surface area contributed by atoms with Crippen LogP contribution in [0.4, 0.5) is 5.69 Å². The maximum absolute atomic E-state index is 13.1. The molecule has 0 radical (unpaired) electrons. The number of rotatable bonds is 2. The number of hydrogen-bond donors (Lipinski definition) is 0. The molecule has 5 nitrogen and oxygen atoms in total. The van der Waals surface area contributed by atoms with Crippen molar-refractivity contribution in [2.24, 2.45) is 5.41 Å². The first-order valence-electron chi connectivity index (χ1n) is 9.83. The van der Waals surface area contributed by atoms with Gasteiger partial charge in [-0.1, -0.05) is 39.8 Å². The van der Waals surface area contributed by atoms with Gasteiger partial charge in [0.05, 0.1) is 12.2 Å². The lowest BCUT2D eigenvalue weighted by Crippen LogP contribution is -2.53. The predicted octanol–water partition coefficient (Wildman–Crippen LogP) is 3.09. The van der Waals surface area contributed by atoms with E-state index in [1.165, 1.54) is 4.90 Å². The molecule has 0 N–H and O–H groups in total. The highest BCUT2D eigenvalue weighted by Gasteiger charge is 2.31. The number of piperazine rings is 1. The first-order valence-corrected chi connectivity index (χ1v) is 10.7. The summed E-state index contributed by atoms with van der Waals surface area (Å²) in [5, 5.41) is 0.510. The standard InChI is InChI=1S/C21H31N3O2S/c1-16-9-10-24(17-7-5-6-8-18(17)27-16)19(25)15-22-11-13-23(14-12-22)20(26)21(2,3)4/h5-8,16H,9-15H2,1-4H3. The molecule has 1 atom stereocenters. The molecule has 2 aliphatic rings. The number of benzene rings is 1. The number of para-hydroxylation sites is 1. The fraction of sp³-hybridized carbons (Fsp3) is 0.619. The fourth-order valence-electron chi connectivity index (χ4n) is 3.61. The van der Waals surface area contributed by atoms with Crippen LogP contribution in [0.25, 0.3) is 0 Å². The zero-order valence-corrected chi connectivity index (χ0v) is 17.7. The minimum atomic E-state index is -0.345. The van der Waals surface area contributed by atoms with E-state index in [0.29, 0.717) is 24.9 Å². The lowest BCUT2D eigenvalue weighted by atomic mass is 9.94. The molecule has 2 aliphatic heterocycles. The fourth-order valence-corrected chi connectivity index (χ4v) is 4.72. The van der Waals surface area contributed by atoms with Crippen molar-refractivity contribution in [2.45, 2.75) is 44.3 Å². The highest BCUT2D eigenvalue weighted by molar-refractivity contribution is 8.00. The molecule has 1 aromatic carbocycles. The molecule has 2 heterocycles. The molecule has 1 aromatic rings. The monoisotopic (exact) mass is 389 g/mol. The Kier molecular flexibility index (Phi) is 6.16. The first kappa shape index (κ1) is 20.2. The maximum atomic E-state index is 13.1. The minimum Gasteiger partial charge on any atom is -0.340 e. The van der Waals surface area contributed by atoms with Crippen LogP contribution in [-0.4, -0.2) is 66.1 Å². The Labute approximate surface area is 167 Å². The van der Waals surface area contributed by atoms with Gasteiger partial charge < -0.3 is 9.80 Å². The second kappa shape index (κ2) is 8.23. The molecular formula is C21H31N3O2S. The van der Waals surface area contributed by atoms with Gasteiger partial charge in [0.25, 0.3) is 0 Å². The summed E-state index contributed by atoms with van der Waals surface area (Å²) in [6.45, 7) is 12.2. The van der Waals surface area contributed by atoms with E-state index in [1.54, 1.807) is 0 Å². The van der Waals surface area contributed by atoms with E-state index in [9.17, 15) is 9.59 Å². The van der Waals surface area contributed by atoms with Crippen molar-refractivity contribution < 1.29 is 9.59 Å². The van der Waals surface area contributed by atoms with E-state index in [-0.39, 0.29) is 17.2 Å². The SMILES string of the molecule is CC1CCN(C(=O)CN2CCN(C(=O)C(C)(C)C)CC2)c2ccccc2S1. The average molecular weight is 390 g/mol. The van der Waals surface area contributed by atoms with Crippen molar-refractivity contribution in [1.29, 1.82) is 0 Å². The molecule has 1 fully saturated rings. The van der Waals surface area contributed by atoms with Gasteiger partial charge in [0.1, 0.15) is 0 Å². The Hall–Kier alpha value is -1.53. The van der Waals surface area contributed by atoms with E-state index in [4.69, 9.17) is 0 Å². The molecule has 6 heteroatoms. The average Bonchev–Trinajstić information content (AvgIpc) is 2.79. The Bertz CT molecular complexity index is 693. The third kappa shape index (κ3) is 4.85. The lowest BCUT2D eigenvalue weighted by molar-refractivity contribution is -0.141. The highest BCUT2D eigenvalue weighted by Crippen LogP contribution is 2.37. The number of nitrogens with zero attached hydrogens (tertiary/aromatic N) is 3. The molecule has 0 saturated carbocycles. The summed E-state index contributed by atoms with van der Waals surface area (Å²) in [7, 11) is 0. The van der Waals surface area contributed by atoms with Crippen LogP contribution in [0.1, 0.15) is 34.1 Å². The number of amides is 2. The predicted molar refractivity (Wildman–Crippen MR) is 111 cm³/mol. The van der Waals surface area contributed by atoms with Gasteiger partial charge in [-0.25, -0.2) is 0 Å². The van der Waals surface area contributed by atoms with Crippen molar-refractivity contribution >= 4 is 29.3 Å². The van der Waals surface area contributed by atoms with E-state index in [1.807, 2.05) is 54.5 Å². The normalized spacial score (nSPS) is 21.6. The Morgan fingerprint density at radius 1 is 1.07 bits per heavy atom. The Balaban J connectivity index is 1.61. The van der Waals surface area contributed by atoms with Crippen LogP contribution in [0.15, 0.2) is 29.2 Å². The summed E-state index contributed by atoms with van der Waals surface area (Å²) in [6.07, 6.45) is 0.999. The van der Waals surface area contributed by atoms with E-state index in [0.717, 1.165) is 31.7 Å². The zero-order valence-electron chi connectivity index (χ0n) is 16.9. The molecule has 0 bridgehead atoms. The largest absolute Gasteiger partial charge is 0.340 e. The van der Waals surface area contributed by atoms with Gasteiger partial charge in [-0.2, -0.15) is 0 Å². The summed E-state index contributed by atoms with van der Waals surface area (Å²) in [6, 6.07) is 8.21. The van der Waals surface area contributed by atoms with Gasteiger partial charge in [0, 0.05) is 48.3 Å². The smallest absolute Gasteiger partial charge is 0.241 e. The van der Waals surface area contributed by atoms with Gasteiger partial charge in [-0.15, -0.1) is 11.8 Å². The van der Waals surface area contributed by atoms with E-state index < -0.39 is 0 Å². The van der Waals surface area contributed by atoms with Crippen LogP contribution in [0.3, 0.4) is 0 Å². The number of anilines is 1. The molecule has 1 saturated heterocycles. The molecule has 3 rings (SSSR count).